The first-order valence-electron chi connectivity index (χ1n) is 7.12. The maximum absolute atomic E-state index is 10.2. The van der Waals surface area contributed by atoms with Crippen LogP contribution in [0.4, 0.5) is 0 Å². The summed E-state index contributed by atoms with van der Waals surface area (Å²) in [6, 6.07) is 8.22. The van der Waals surface area contributed by atoms with Crippen LogP contribution in [0.1, 0.15) is 43.4 Å². The number of piperidine rings is 1. The number of aryl methyl sites for hydroxylation is 1. The second-order valence-electron chi connectivity index (χ2n) is 5.76. The maximum atomic E-state index is 10.2. The van der Waals surface area contributed by atoms with Gasteiger partial charge < -0.3 is 10.0 Å². The molecule has 1 aliphatic heterocycles. The molecule has 1 heterocycles. The fourth-order valence-corrected chi connectivity index (χ4v) is 2.75. The van der Waals surface area contributed by atoms with Gasteiger partial charge in [-0.15, -0.1) is 0 Å². The first-order chi connectivity index (χ1) is 8.65. The van der Waals surface area contributed by atoms with Crippen molar-refractivity contribution in [1.29, 1.82) is 0 Å². The Morgan fingerprint density at radius 1 is 1.33 bits per heavy atom. The molecule has 100 valence electrons. The molecule has 0 saturated carbocycles. The number of rotatable bonds is 4. The van der Waals surface area contributed by atoms with Crippen LogP contribution in [-0.4, -0.2) is 29.6 Å². The Balaban J connectivity index is 1.80. The average Bonchev–Trinajstić information content (AvgIpc) is 2.37. The summed E-state index contributed by atoms with van der Waals surface area (Å²) in [4.78, 5) is 2.49. The zero-order chi connectivity index (χ0) is 13.0. The van der Waals surface area contributed by atoms with Gasteiger partial charge in [0.2, 0.25) is 0 Å². The van der Waals surface area contributed by atoms with E-state index in [0.717, 1.165) is 24.4 Å². The molecule has 1 aromatic rings. The summed E-state index contributed by atoms with van der Waals surface area (Å²) in [6.07, 6.45) is 3.19. The number of likely N-dealkylation sites (tertiary alicyclic amines) is 1. The molecule has 2 atom stereocenters. The van der Waals surface area contributed by atoms with E-state index in [0.29, 0.717) is 0 Å². The van der Waals surface area contributed by atoms with E-state index in [9.17, 15) is 5.11 Å². The molecule has 2 rings (SSSR count). The molecule has 1 N–H and O–H groups in total. The van der Waals surface area contributed by atoms with Crippen LogP contribution in [-0.2, 0) is 0 Å². The normalized spacial score (nSPS) is 22.9. The highest BCUT2D eigenvalue weighted by Crippen LogP contribution is 2.20. The minimum Gasteiger partial charge on any atom is -0.388 e. The zero-order valence-electron chi connectivity index (χ0n) is 11.6. The molecule has 0 bridgehead atoms. The molecule has 1 fully saturated rings. The molecule has 0 amide bonds. The van der Waals surface area contributed by atoms with Gasteiger partial charge in [-0.3, -0.25) is 0 Å². The Morgan fingerprint density at radius 2 is 2.06 bits per heavy atom. The summed E-state index contributed by atoms with van der Waals surface area (Å²) in [7, 11) is 0. The summed E-state index contributed by atoms with van der Waals surface area (Å²) in [6.45, 7) is 7.80. The van der Waals surface area contributed by atoms with Crippen LogP contribution < -0.4 is 0 Å². The number of hydrogen-bond donors (Lipinski definition) is 1. The smallest absolute Gasteiger partial charge is 0.0802 e. The van der Waals surface area contributed by atoms with E-state index in [1.165, 1.54) is 31.5 Å². The predicted octanol–water partition coefficient (Wildman–Crippen LogP) is 3.15. The number of aliphatic hydroxyl groups excluding tert-OH is 1. The molecule has 1 aromatic carbocycles. The third-order valence-corrected chi connectivity index (χ3v) is 3.92. The SMILES string of the molecule is Cc1ccc(C(O)CCN2CCCC(C)C2)cc1. The standard InChI is InChI=1S/C16H25NO/c1-13-5-7-15(8-6-13)16(18)9-11-17-10-3-4-14(2)12-17/h5-8,14,16,18H,3-4,9-12H2,1-2H3. The van der Waals surface area contributed by atoms with Crippen LogP contribution in [0.3, 0.4) is 0 Å². The van der Waals surface area contributed by atoms with Crippen molar-refractivity contribution >= 4 is 0 Å². The molecule has 18 heavy (non-hydrogen) atoms. The summed E-state index contributed by atoms with van der Waals surface area (Å²) < 4.78 is 0. The van der Waals surface area contributed by atoms with Crippen LogP contribution in [0.2, 0.25) is 0 Å². The maximum Gasteiger partial charge on any atom is 0.0802 e. The van der Waals surface area contributed by atoms with Crippen LogP contribution in [0.15, 0.2) is 24.3 Å². The van der Waals surface area contributed by atoms with Crippen LogP contribution in [0, 0.1) is 12.8 Å². The molecular formula is C16H25NO. The second kappa shape index (κ2) is 6.35. The van der Waals surface area contributed by atoms with Crippen molar-refractivity contribution in [2.45, 2.75) is 39.2 Å². The molecule has 0 aromatic heterocycles. The van der Waals surface area contributed by atoms with E-state index in [1.54, 1.807) is 0 Å². The third-order valence-electron chi connectivity index (χ3n) is 3.92. The molecule has 2 nitrogen and oxygen atoms in total. The highest BCUT2D eigenvalue weighted by molar-refractivity contribution is 5.22. The van der Waals surface area contributed by atoms with E-state index in [-0.39, 0.29) is 6.10 Å². The summed E-state index contributed by atoms with van der Waals surface area (Å²) >= 11 is 0. The van der Waals surface area contributed by atoms with Gasteiger partial charge >= 0.3 is 0 Å². The summed E-state index contributed by atoms with van der Waals surface area (Å²) in [5.74, 6) is 0.815. The Morgan fingerprint density at radius 3 is 2.72 bits per heavy atom. The lowest BCUT2D eigenvalue weighted by atomic mass is 9.99. The van der Waals surface area contributed by atoms with Gasteiger partial charge in [-0.05, 0) is 44.2 Å². The third kappa shape index (κ3) is 3.82. The van der Waals surface area contributed by atoms with Gasteiger partial charge in [0, 0.05) is 13.1 Å². The van der Waals surface area contributed by atoms with Gasteiger partial charge in [-0.1, -0.05) is 36.8 Å². The lowest BCUT2D eigenvalue weighted by Crippen LogP contribution is -2.35. The van der Waals surface area contributed by atoms with Crippen molar-refractivity contribution in [2.75, 3.05) is 19.6 Å². The Hall–Kier alpha value is -0.860. The molecule has 1 aliphatic rings. The van der Waals surface area contributed by atoms with Gasteiger partial charge in [0.1, 0.15) is 0 Å². The first-order valence-corrected chi connectivity index (χ1v) is 7.12. The van der Waals surface area contributed by atoms with Crippen LogP contribution >= 0.6 is 0 Å². The Kier molecular flexibility index (Phi) is 4.79. The molecule has 0 radical (unpaired) electrons. The lowest BCUT2D eigenvalue weighted by molar-refractivity contribution is 0.122. The fraction of sp³-hybridized carbons (Fsp3) is 0.625. The van der Waals surface area contributed by atoms with Gasteiger partial charge in [0.15, 0.2) is 0 Å². The van der Waals surface area contributed by atoms with Crippen LogP contribution in [0.5, 0.6) is 0 Å². The van der Waals surface area contributed by atoms with Crippen molar-refractivity contribution in [3.05, 3.63) is 35.4 Å². The highest BCUT2D eigenvalue weighted by atomic mass is 16.3. The van der Waals surface area contributed by atoms with Gasteiger partial charge in [-0.2, -0.15) is 0 Å². The fourth-order valence-electron chi connectivity index (χ4n) is 2.75. The number of aliphatic hydroxyl groups is 1. The minimum atomic E-state index is -0.317. The van der Waals surface area contributed by atoms with E-state index in [2.05, 4.69) is 30.9 Å². The van der Waals surface area contributed by atoms with Crippen molar-refractivity contribution in [1.82, 2.24) is 4.90 Å². The van der Waals surface area contributed by atoms with E-state index < -0.39 is 0 Å². The summed E-state index contributed by atoms with van der Waals surface area (Å²) in [5, 5.41) is 10.2. The molecule has 0 spiro atoms. The number of nitrogens with zero attached hydrogens (tertiary/aromatic N) is 1. The van der Waals surface area contributed by atoms with Gasteiger partial charge in [0.25, 0.3) is 0 Å². The quantitative estimate of drug-likeness (QED) is 0.883. The number of benzene rings is 1. The van der Waals surface area contributed by atoms with Crippen LogP contribution in [0.25, 0.3) is 0 Å². The summed E-state index contributed by atoms with van der Waals surface area (Å²) in [5.41, 5.74) is 2.29. The van der Waals surface area contributed by atoms with E-state index in [1.807, 2.05) is 12.1 Å². The topological polar surface area (TPSA) is 23.5 Å². The monoisotopic (exact) mass is 247 g/mol. The molecule has 2 heteroatoms. The molecule has 2 unspecified atom stereocenters. The molecular weight excluding hydrogens is 222 g/mol. The van der Waals surface area contributed by atoms with E-state index >= 15 is 0 Å². The second-order valence-corrected chi connectivity index (χ2v) is 5.76. The van der Waals surface area contributed by atoms with E-state index in [4.69, 9.17) is 0 Å². The van der Waals surface area contributed by atoms with Gasteiger partial charge in [-0.25, -0.2) is 0 Å². The Bertz CT molecular complexity index is 360. The zero-order valence-corrected chi connectivity index (χ0v) is 11.6. The van der Waals surface area contributed by atoms with Crippen molar-refractivity contribution < 1.29 is 5.11 Å². The van der Waals surface area contributed by atoms with Crippen molar-refractivity contribution in [3.63, 3.8) is 0 Å². The first kappa shape index (κ1) is 13.6. The highest BCUT2D eigenvalue weighted by Gasteiger charge is 2.17. The lowest BCUT2D eigenvalue weighted by Gasteiger charge is -2.31. The van der Waals surface area contributed by atoms with Crippen molar-refractivity contribution in [2.24, 2.45) is 5.92 Å². The average molecular weight is 247 g/mol. The number of hydrogen-bond acceptors (Lipinski definition) is 2. The largest absolute Gasteiger partial charge is 0.388 e. The minimum absolute atomic E-state index is 0.317. The predicted molar refractivity (Wildman–Crippen MR) is 75.6 cm³/mol. The molecule has 1 saturated heterocycles. The Labute approximate surface area is 111 Å². The molecule has 0 aliphatic carbocycles. The van der Waals surface area contributed by atoms with Crippen molar-refractivity contribution in [3.8, 4) is 0 Å². The van der Waals surface area contributed by atoms with Gasteiger partial charge in [0.05, 0.1) is 6.10 Å².